The van der Waals surface area contributed by atoms with E-state index in [1.54, 1.807) is 24.3 Å². The summed E-state index contributed by atoms with van der Waals surface area (Å²) in [6, 6.07) is 13.0. The van der Waals surface area contributed by atoms with Crippen LogP contribution in [0, 0.1) is 5.82 Å². The van der Waals surface area contributed by atoms with Crippen molar-refractivity contribution >= 4 is 22.8 Å². The SMILES string of the molecule is O=c1c2nnn(-c3ccc(F)cc3)c2ncn1Cc1cccc(Cl)c1. The molecule has 0 saturated carbocycles. The number of aromatic nitrogens is 5. The largest absolute Gasteiger partial charge is 0.293 e. The van der Waals surface area contributed by atoms with Crippen molar-refractivity contribution in [3.8, 4) is 5.69 Å². The van der Waals surface area contributed by atoms with E-state index in [9.17, 15) is 9.18 Å². The summed E-state index contributed by atoms with van der Waals surface area (Å²) >= 11 is 5.97. The van der Waals surface area contributed by atoms with Gasteiger partial charge in [0.1, 0.15) is 12.1 Å². The number of benzene rings is 2. The van der Waals surface area contributed by atoms with Crippen LogP contribution in [0.1, 0.15) is 5.56 Å². The second-order valence-electron chi connectivity index (χ2n) is 5.46. The van der Waals surface area contributed by atoms with Gasteiger partial charge in [-0.2, -0.15) is 4.68 Å². The van der Waals surface area contributed by atoms with E-state index < -0.39 is 0 Å². The molecule has 0 N–H and O–H groups in total. The lowest BCUT2D eigenvalue weighted by Gasteiger charge is -2.06. The van der Waals surface area contributed by atoms with Gasteiger partial charge in [-0.05, 0) is 42.0 Å². The fourth-order valence-electron chi connectivity index (χ4n) is 2.54. The summed E-state index contributed by atoms with van der Waals surface area (Å²) in [6.45, 7) is 0.325. The first kappa shape index (κ1) is 15.5. The minimum absolute atomic E-state index is 0.147. The lowest BCUT2D eigenvalue weighted by molar-refractivity contribution is 0.627. The number of rotatable bonds is 3. The number of hydrogen-bond acceptors (Lipinski definition) is 4. The highest BCUT2D eigenvalue weighted by atomic mass is 35.5. The monoisotopic (exact) mass is 355 g/mol. The van der Waals surface area contributed by atoms with Gasteiger partial charge in [0.2, 0.25) is 0 Å². The van der Waals surface area contributed by atoms with Gasteiger partial charge in [-0.15, -0.1) is 5.10 Å². The average Bonchev–Trinajstić information content (AvgIpc) is 3.03. The zero-order chi connectivity index (χ0) is 17.4. The molecule has 0 fully saturated rings. The number of halogens is 2. The Balaban J connectivity index is 1.77. The smallest absolute Gasteiger partial charge is 0.283 e. The lowest BCUT2D eigenvalue weighted by Crippen LogP contribution is -2.21. The fourth-order valence-corrected chi connectivity index (χ4v) is 2.76. The molecule has 124 valence electrons. The molecule has 4 rings (SSSR count). The van der Waals surface area contributed by atoms with Gasteiger partial charge in [-0.3, -0.25) is 9.36 Å². The van der Waals surface area contributed by atoms with Crippen LogP contribution in [-0.4, -0.2) is 24.5 Å². The van der Waals surface area contributed by atoms with Crippen molar-refractivity contribution in [1.29, 1.82) is 0 Å². The van der Waals surface area contributed by atoms with Gasteiger partial charge >= 0.3 is 0 Å². The Morgan fingerprint density at radius 2 is 1.92 bits per heavy atom. The maximum absolute atomic E-state index is 13.1. The Labute approximate surface area is 146 Å². The first-order valence-electron chi connectivity index (χ1n) is 7.43. The molecule has 0 atom stereocenters. The van der Waals surface area contributed by atoms with Gasteiger partial charge < -0.3 is 0 Å². The molecule has 6 nitrogen and oxygen atoms in total. The van der Waals surface area contributed by atoms with Crippen molar-refractivity contribution in [2.45, 2.75) is 6.54 Å². The number of nitrogens with zero attached hydrogens (tertiary/aromatic N) is 5. The molecular formula is C17H11ClFN5O. The standard InChI is InChI=1S/C17H11ClFN5O/c18-12-3-1-2-11(8-12)9-23-10-20-16-15(17(23)25)21-22-24(16)14-6-4-13(19)5-7-14/h1-8,10H,9H2. The van der Waals surface area contributed by atoms with E-state index in [1.165, 1.54) is 27.7 Å². The fraction of sp³-hybridized carbons (Fsp3) is 0.0588. The van der Waals surface area contributed by atoms with Gasteiger partial charge in [0.25, 0.3) is 5.56 Å². The first-order valence-corrected chi connectivity index (χ1v) is 7.81. The van der Waals surface area contributed by atoms with Crippen molar-refractivity contribution in [3.05, 3.63) is 81.6 Å². The predicted molar refractivity (Wildman–Crippen MR) is 91.4 cm³/mol. The maximum atomic E-state index is 13.1. The van der Waals surface area contributed by atoms with Crippen molar-refractivity contribution < 1.29 is 4.39 Å². The Morgan fingerprint density at radius 3 is 2.68 bits per heavy atom. The van der Waals surface area contributed by atoms with E-state index in [-0.39, 0.29) is 16.9 Å². The van der Waals surface area contributed by atoms with Crippen LogP contribution in [0.2, 0.25) is 5.02 Å². The van der Waals surface area contributed by atoms with E-state index in [1.807, 2.05) is 12.1 Å². The van der Waals surface area contributed by atoms with Gasteiger partial charge in [0.05, 0.1) is 12.2 Å². The third kappa shape index (κ3) is 2.89. The highest BCUT2D eigenvalue weighted by molar-refractivity contribution is 6.30. The van der Waals surface area contributed by atoms with E-state index in [0.29, 0.717) is 22.9 Å². The van der Waals surface area contributed by atoms with Gasteiger partial charge in [-0.1, -0.05) is 28.9 Å². The molecule has 0 aliphatic rings. The molecule has 0 saturated heterocycles. The van der Waals surface area contributed by atoms with Crippen molar-refractivity contribution in [2.24, 2.45) is 0 Å². The summed E-state index contributed by atoms with van der Waals surface area (Å²) in [4.78, 5) is 16.9. The molecule has 0 aliphatic carbocycles. The Hall–Kier alpha value is -3.06. The summed E-state index contributed by atoms with van der Waals surface area (Å²) in [5.74, 6) is -0.356. The molecule has 0 amide bonds. The molecule has 0 unspecified atom stereocenters. The summed E-state index contributed by atoms with van der Waals surface area (Å²) < 4.78 is 15.9. The second-order valence-corrected chi connectivity index (χ2v) is 5.89. The van der Waals surface area contributed by atoms with Crippen LogP contribution >= 0.6 is 11.6 Å². The van der Waals surface area contributed by atoms with Crippen molar-refractivity contribution in [3.63, 3.8) is 0 Å². The van der Waals surface area contributed by atoms with E-state index in [0.717, 1.165) is 5.56 Å². The summed E-state index contributed by atoms with van der Waals surface area (Å²) in [6.07, 6.45) is 1.44. The summed E-state index contributed by atoms with van der Waals surface area (Å²) in [5, 5.41) is 8.50. The van der Waals surface area contributed by atoms with Crippen LogP contribution in [0.5, 0.6) is 0 Å². The van der Waals surface area contributed by atoms with E-state index in [2.05, 4.69) is 15.3 Å². The van der Waals surface area contributed by atoms with Crippen LogP contribution in [0.25, 0.3) is 16.9 Å². The highest BCUT2D eigenvalue weighted by Gasteiger charge is 2.13. The quantitative estimate of drug-likeness (QED) is 0.567. The van der Waals surface area contributed by atoms with Crippen LogP contribution in [0.3, 0.4) is 0 Å². The van der Waals surface area contributed by atoms with Crippen molar-refractivity contribution in [2.75, 3.05) is 0 Å². The van der Waals surface area contributed by atoms with Crippen molar-refractivity contribution in [1.82, 2.24) is 24.5 Å². The summed E-state index contributed by atoms with van der Waals surface area (Å²) in [5.41, 5.74) is 1.61. The van der Waals surface area contributed by atoms with Crippen LogP contribution in [0.15, 0.2) is 59.7 Å². The van der Waals surface area contributed by atoms with Gasteiger partial charge in [-0.25, -0.2) is 9.37 Å². The lowest BCUT2D eigenvalue weighted by atomic mass is 10.2. The summed E-state index contributed by atoms with van der Waals surface area (Å²) in [7, 11) is 0. The topological polar surface area (TPSA) is 65.6 Å². The minimum Gasteiger partial charge on any atom is -0.293 e. The molecular weight excluding hydrogens is 345 g/mol. The molecule has 4 aromatic rings. The van der Waals surface area contributed by atoms with E-state index >= 15 is 0 Å². The zero-order valence-corrected chi connectivity index (χ0v) is 13.6. The third-order valence-electron chi connectivity index (χ3n) is 3.74. The van der Waals surface area contributed by atoms with Crippen LogP contribution < -0.4 is 5.56 Å². The molecule has 0 spiro atoms. The van der Waals surface area contributed by atoms with Crippen LogP contribution in [0.4, 0.5) is 4.39 Å². The maximum Gasteiger partial charge on any atom is 0.283 e. The second kappa shape index (κ2) is 6.10. The Morgan fingerprint density at radius 1 is 1.12 bits per heavy atom. The van der Waals surface area contributed by atoms with Gasteiger partial charge in [0, 0.05) is 5.02 Å². The van der Waals surface area contributed by atoms with Crippen LogP contribution in [-0.2, 0) is 6.54 Å². The minimum atomic E-state index is -0.356. The first-order chi connectivity index (χ1) is 12.1. The number of fused-ring (bicyclic) bond motifs is 1. The van der Waals surface area contributed by atoms with Gasteiger partial charge in [0.15, 0.2) is 11.2 Å². The molecule has 0 bridgehead atoms. The molecule has 2 aromatic carbocycles. The highest BCUT2D eigenvalue weighted by Crippen LogP contribution is 2.14. The molecule has 2 aromatic heterocycles. The molecule has 2 heterocycles. The molecule has 25 heavy (non-hydrogen) atoms. The molecule has 0 aliphatic heterocycles. The zero-order valence-electron chi connectivity index (χ0n) is 12.8. The third-order valence-corrected chi connectivity index (χ3v) is 3.98. The average molecular weight is 356 g/mol. The normalized spacial score (nSPS) is 11.1. The van der Waals surface area contributed by atoms with E-state index in [4.69, 9.17) is 11.6 Å². The molecule has 0 radical (unpaired) electrons. The predicted octanol–water partition coefficient (Wildman–Crippen LogP) is 2.82. The number of hydrogen-bond donors (Lipinski definition) is 0. The Bertz CT molecular complexity index is 1120. The Kier molecular flexibility index (Phi) is 3.77. The molecule has 8 heteroatoms.